The lowest BCUT2D eigenvalue weighted by Crippen LogP contribution is -2.11. The molecule has 1 unspecified atom stereocenters. The van der Waals surface area contributed by atoms with Gasteiger partial charge >= 0.3 is 5.97 Å². The van der Waals surface area contributed by atoms with E-state index in [4.69, 9.17) is 9.84 Å². The quantitative estimate of drug-likeness (QED) is 0.334. The van der Waals surface area contributed by atoms with E-state index < -0.39 is 12.1 Å². The maximum atomic E-state index is 11.2. The van der Waals surface area contributed by atoms with Crippen molar-refractivity contribution < 1.29 is 14.6 Å². The fourth-order valence-corrected chi connectivity index (χ4v) is 4.26. The molecule has 0 aliphatic rings. The van der Waals surface area contributed by atoms with E-state index in [0.29, 0.717) is 5.56 Å². The molecule has 5 rings (SSSR count). The van der Waals surface area contributed by atoms with E-state index >= 15 is 0 Å². The molecule has 0 aliphatic carbocycles. The van der Waals surface area contributed by atoms with Gasteiger partial charge in [0.2, 0.25) is 0 Å². The molecule has 1 atom stereocenters. The van der Waals surface area contributed by atoms with Gasteiger partial charge in [0.1, 0.15) is 6.10 Å². The number of aryl methyl sites for hydroxylation is 1. The number of benzene rings is 3. The number of para-hydroxylation sites is 1. The number of rotatable bonds is 7. The van der Waals surface area contributed by atoms with Crippen molar-refractivity contribution in [3.8, 4) is 17.2 Å². The highest BCUT2D eigenvalue weighted by Gasteiger charge is 2.21. The number of nitriles is 1. The molecule has 3 aromatic carbocycles. The normalized spacial score (nSPS) is 11.8. The number of nitrogens with zero attached hydrogens (tertiary/aromatic N) is 4. The lowest BCUT2D eigenvalue weighted by Gasteiger charge is -2.20. The van der Waals surface area contributed by atoms with Gasteiger partial charge in [0, 0.05) is 29.8 Å². The van der Waals surface area contributed by atoms with E-state index in [9.17, 15) is 10.1 Å². The first-order valence-electron chi connectivity index (χ1n) is 11.3. The SMILES string of the molecule is Cn1cncc1C(OCc1ccc(C(=O)O)cc1)c1ccc(C#N)c(-c2cccc3cccnc23)c1. The van der Waals surface area contributed by atoms with Crippen molar-refractivity contribution in [1.29, 1.82) is 5.26 Å². The van der Waals surface area contributed by atoms with Gasteiger partial charge in [-0.3, -0.25) is 4.98 Å². The molecule has 5 aromatic rings. The zero-order valence-corrected chi connectivity index (χ0v) is 19.5. The molecule has 2 aromatic heterocycles. The van der Waals surface area contributed by atoms with E-state index in [0.717, 1.165) is 38.9 Å². The molecule has 2 heterocycles. The second kappa shape index (κ2) is 9.82. The van der Waals surface area contributed by atoms with Gasteiger partial charge in [0.05, 0.1) is 47.5 Å². The zero-order valence-electron chi connectivity index (χ0n) is 19.5. The fraction of sp³-hybridized carbons (Fsp3) is 0.103. The van der Waals surface area contributed by atoms with Crippen LogP contribution in [0.25, 0.3) is 22.0 Å². The fourth-order valence-electron chi connectivity index (χ4n) is 4.26. The molecule has 0 amide bonds. The van der Waals surface area contributed by atoms with E-state index in [1.54, 1.807) is 49.1 Å². The zero-order chi connectivity index (χ0) is 25.1. The summed E-state index contributed by atoms with van der Waals surface area (Å²) >= 11 is 0. The van der Waals surface area contributed by atoms with Crippen LogP contribution < -0.4 is 0 Å². The number of aromatic carboxylic acids is 1. The number of pyridine rings is 1. The summed E-state index contributed by atoms with van der Waals surface area (Å²) in [6, 6.07) is 24.4. The average molecular weight is 475 g/mol. The summed E-state index contributed by atoms with van der Waals surface area (Å²) in [5.41, 5.74) is 5.81. The number of hydrogen-bond donors (Lipinski definition) is 1. The van der Waals surface area contributed by atoms with Crippen LogP contribution in [0.2, 0.25) is 0 Å². The van der Waals surface area contributed by atoms with Crippen LogP contribution in [0.3, 0.4) is 0 Å². The first-order valence-corrected chi connectivity index (χ1v) is 11.3. The Balaban J connectivity index is 1.56. The molecule has 1 N–H and O–H groups in total. The molecular formula is C29H22N4O3. The molecular weight excluding hydrogens is 452 g/mol. The number of imidazole rings is 1. The number of aromatic nitrogens is 3. The summed E-state index contributed by atoms with van der Waals surface area (Å²) < 4.78 is 8.28. The molecule has 0 radical (unpaired) electrons. The number of carbonyl (C=O) groups is 1. The third kappa shape index (κ3) is 4.45. The largest absolute Gasteiger partial charge is 0.478 e. The van der Waals surface area contributed by atoms with Crippen LogP contribution in [0.1, 0.15) is 38.8 Å². The lowest BCUT2D eigenvalue weighted by molar-refractivity contribution is 0.0620. The van der Waals surface area contributed by atoms with Gasteiger partial charge in [-0.05, 0) is 41.5 Å². The van der Waals surface area contributed by atoms with Gasteiger partial charge in [-0.25, -0.2) is 9.78 Å². The standard InChI is InChI=1S/C29H22N4O3/c1-33-18-31-16-26(33)28(36-17-19-7-9-21(10-8-19)29(34)35)22-11-12-23(15-30)25(14-22)24-6-2-4-20-5-3-13-32-27(20)24/h2-14,16,18,28H,17H2,1H3,(H,34,35). The summed E-state index contributed by atoms with van der Waals surface area (Å²) in [7, 11) is 1.90. The van der Waals surface area contributed by atoms with Crippen molar-refractivity contribution in [3.63, 3.8) is 0 Å². The highest BCUT2D eigenvalue weighted by Crippen LogP contribution is 2.34. The Hall–Kier alpha value is -4.80. The second-order valence-corrected chi connectivity index (χ2v) is 8.42. The average Bonchev–Trinajstić information content (AvgIpc) is 3.34. The second-order valence-electron chi connectivity index (χ2n) is 8.42. The third-order valence-corrected chi connectivity index (χ3v) is 6.13. The van der Waals surface area contributed by atoms with Gasteiger partial charge < -0.3 is 14.4 Å². The van der Waals surface area contributed by atoms with Gasteiger partial charge in [0.25, 0.3) is 0 Å². The first kappa shape index (κ1) is 23.0. The van der Waals surface area contributed by atoms with Crippen molar-refractivity contribution in [1.82, 2.24) is 14.5 Å². The number of fused-ring (bicyclic) bond motifs is 1. The van der Waals surface area contributed by atoms with Crippen LogP contribution >= 0.6 is 0 Å². The van der Waals surface area contributed by atoms with Crippen LogP contribution in [0.4, 0.5) is 0 Å². The summed E-state index contributed by atoms with van der Waals surface area (Å²) in [6.07, 6.45) is 4.76. The Labute approximate surface area is 207 Å². The van der Waals surface area contributed by atoms with Gasteiger partial charge in [-0.15, -0.1) is 0 Å². The minimum absolute atomic E-state index is 0.224. The minimum atomic E-state index is -0.969. The Morgan fingerprint density at radius 2 is 1.89 bits per heavy atom. The molecule has 0 saturated heterocycles. The molecule has 0 saturated carbocycles. The maximum absolute atomic E-state index is 11.2. The first-order chi connectivity index (χ1) is 17.5. The number of hydrogen-bond acceptors (Lipinski definition) is 5. The molecule has 0 fully saturated rings. The van der Waals surface area contributed by atoms with Crippen molar-refractivity contribution in [3.05, 3.63) is 119 Å². The molecule has 176 valence electrons. The molecule has 0 aliphatic heterocycles. The van der Waals surface area contributed by atoms with Crippen LogP contribution in [0.15, 0.2) is 91.5 Å². The number of ether oxygens (including phenoxy) is 1. The van der Waals surface area contributed by atoms with Gasteiger partial charge in [-0.1, -0.05) is 42.5 Å². The van der Waals surface area contributed by atoms with Crippen molar-refractivity contribution in [2.45, 2.75) is 12.7 Å². The van der Waals surface area contributed by atoms with Crippen LogP contribution in [-0.2, 0) is 18.4 Å². The summed E-state index contributed by atoms with van der Waals surface area (Å²) in [6.45, 7) is 0.265. The van der Waals surface area contributed by atoms with Crippen molar-refractivity contribution in [2.24, 2.45) is 7.05 Å². The predicted octanol–water partition coefficient (Wildman–Crippen LogP) is 5.51. The van der Waals surface area contributed by atoms with E-state index in [1.165, 1.54) is 0 Å². The summed E-state index contributed by atoms with van der Waals surface area (Å²) in [5.74, 6) is -0.969. The smallest absolute Gasteiger partial charge is 0.335 e. The van der Waals surface area contributed by atoms with Crippen molar-refractivity contribution >= 4 is 16.9 Å². The highest BCUT2D eigenvalue weighted by atomic mass is 16.5. The topological polar surface area (TPSA) is 101 Å². The molecule has 0 spiro atoms. The number of carboxylic acid groups (broad SMARTS) is 1. The Kier molecular flexibility index (Phi) is 6.27. The van der Waals surface area contributed by atoms with Gasteiger partial charge in [-0.2, -0.15) is 5.26 Å². The Morgan fingerprint density at radius 3 is 2.61 bits per heavy atom. The Morgan fingerprint density at radius 1 is 1.08 bits per heavy atom. The molecule has 0 bridgehead atoms. The van der Waals surface area contributed by atoms with E-state index in [2.05, 4.69) is 16.0 Å². The van der Waals surface area contributed by atoms with Crippen LogP contribution in [0, 0.1) is 11.3 Å². The molecule has 7 heteroatoms. The van der Waals surface area contributed by atoms with E-state index in [-0.39, 0.29) is 12.2 Å². The van der Waals surface area contributed by atoms with Crippen LogP contribution in [0.5, 0.6) is 0 Å². The Bertz CT molecular complexity index is 1590. The third-order valence-electron chi connectivity index (χ3n) is 6.13. The summed E-state index contributed by atoms with van der Waals surface area (Å²) in [4.78, 5) is 20.0. The van der Waals surface area contributed by atoms with Crippen molar-refractivity contribution in [2.75, 3.05) is 0 Å². The molecule has 36 heavy (non-hydrogen) atoms. The predicted molar refractivity (Wildman–Crippen MR) is 135 cm³/mol. The highest BCUT2D eigenvalue weighted by molar-refractivity contribution is 5.95. The minimum Gasteiger partial charge on any atom is -0.478 e. The van der Waals surface area contributed by atoms with Gasteiger partial charge in [0.15, 0.2) is 0 Å². The van der Waals surface area contributed by atoms with E-state index in [1.807, 2.05) is 54.1 Å². The maximum Gasteiger partial charge on any atom is 0.335 e. The monoisotopic (exact) mass is 474 g/mol. The molecule has 7 nitrogen and oxygen atoms in total. The summed E-state index contributed by atoms with van der Waals surface area (Å²) in [5, 5.41) is 20.0. The number of carboxylic acids is 1. The lowest BCUT2D eigenvalue weighted by atomic mass is 9.93. The van der Waals surface area contributed by atoms with Crippen LogP contribution in [-0.4, -0.2) is 25.6 Å².